The molecule has 0 saturated heterocycles. The van der Waals surface area contributed by atoms with Gasteiger partial charge in [0, 0.05) is 24.2 Å². The number of fused-ring (bicyclic) bond motifs is 1. The van der Waals surface area contributed by atoms with Crippen molar-refractivity contribution in [1.29, 1.82) is 0 Å². The van der Waals surface area contributed by atoms with Gasteiger partial charge < -0.3 is 20.1 Å². The smallest absolute Gasteiger partial charge is 0.191 e. The third-order valence-electron chi connectivity index (χ3n) is 3.80. The van der Waals surface area contributed by atoms with Gasteiger partial charge in [-0.25, -0.2) is 9.38 Å². The molecule has 1 heterocycles. The number of nitrogens with one attached hydrogen (secondary N) is 2. The Hall–Kier alpha value is -1.87. The first kappa shape index (κ1) is 20.4. The molecule has 0 aromatic heterocycles. The van der Waals surface area contributed by atoms with Gasteiger partial charge in [-0.15, -0.1) is 24.0 Å². The van der Waals surface area contributed by atoms with Crippen molar-refractivity contribution in [3.8, 4) is 5.75 Å². The Morgan fingerprint density at radius 1 is 1.19 bits per heavy atom. The van der Waals surface area contributed by atoms with Crippen molar-refractivity contribution < 1.29 is 13.9 Å². The van der Waals surface area contributed by atoms with E-state index in [0.717, 1.165) is 23.2 Å². The fourth-order valence-corrected chi connectivity index (χ4v) is 2.66. The minimum Gasteiger partial charge on any atom is -0.467 e. The van der Waals surface area contributed by atoms with Crippen molar-refractivity contribution in [1.82, 2.24) is 10.6 Å². The van der Waals surface area contributed by atoms with Gasteiger partial charge in [0.25, 0.3) is 0 Å². The van der Waals surface area contributed by atoms with Gasteiger partial charge >= 0.3 is 0 Å². The second-order valence-electron chi connectivity index (χ2n) is 5.70. The molecule has 0 aliphatic carbocycles. The van der Waals surface area contributed by atoms with Gasteiger partial charge in [-0.1, -0.05) is 30.3 Å². The summed E-state index contributed by atoms with van der Waals surface area (Å²) in [5.74, 6) is 1.08. The van der Waals surface area contributed by atoms with Crippen molar-refractivity contribution in [3.63, 3.8) is 0 Å². The summed E-state index contributed by atoms with van der Waals surface area (Å²) in [6.45, 7) is 4.29. The Morgan fingerprint density at radius 2 is 2.00 bits per heavy atom. The molecule has 5 nitrogen and oxygen atoms in total. The number of nitrogens with zero attached hydrogens (tertiary/aromatic N) is 1. The van der Waals surface area contributed by atoms with Crippen LogP contribution in [-0.4, -0.2) is 19.3 Å². The van der Waals surface area contributed by atoms with E-state index < -0.39 is 0 Å². The number of aliphatic imine (C=N–C) groups is 1. The molecule has 0 amide bonds. The Bertz CT molecular complexity index is 741. The first-order valence-electron chi connectivity index (χ1n) is 8.34. The summed E-state index contributed by atoms with van der Waals surface area (Å²) in [6, 6.07) is 13.0. The number of hydrogen-bond donors (Lipinski definition) is 2. The molecule has 0 radical (unpaired) electrons. The van der Waals surface area contributed by atoms with Crippen LogP contribution in [0.2, 0.25) is 0 Å². The van der Waals surface area contributed by atoms with Crippen molar-refractivity contribution in [3.05, 3.63) is 65.0 Å². The van der Waals surface area contributed by atoms with Crippen LogP contribution in [0.25, 0.3) is 0 Å². The molecule has 1 aliphatic heterocycles. The van der Waals surface area contributed by atoms with Gasteiger partial charge in [0.1, 0.15) is 11.6 Å². The molecule has 0 saturated carbocycles. The molecular formula is C19H23FIN3O2. The van der Waals surface area contributed by atoms with E-state index in [2.05, 4.69) is 15.6 Å². The Balaban J connectivity index is 0.00000243. The van der Waals surface area contributed by atoms with E-state index in [1.165, 1.54) is 12.1 Å². The highest BCUT2D eigenvalue weighted by molar-refractivity contribution is 14.0. The van der Waals surface area contributed by atoms with Crippen LogP contribution in [0.3, 0.4) is 0 Å². The van der Waals surface area contributed by atoms with Crippen LogP contribution in [0, 0.1) is 5.82 Å². The molecule has 26 heavy (non-hydrogen) atoms. The summed E-state index contributed by atoms with van der Waals surface area (Å²) in [6.07, 6.45) is 0. The molecule has 0 spiro atoms. The lowest BCUT2D eigenvalue weighted by Gasteiger charge is -2.21. The molecule has 1 aliphatic rings. The van der Waals surface area contributed by atoms with Crippen LogP contribution in [0.5, 0.6) is 5.75 Å². The van der Waals surface area contributed by atoms with Crippen LogP contribution in [-0.2, 0) is 24.4 Å². The molecule has 2 aromatic carbocycles. The molecule has 0 unspecified atom stereocenters. The van der Waals surface area contributed by atoms with E-state index in [0.29, 0.717) is 31.4 Å². The van der Waals surface area contributed by atoms with Gasteiger partial charge in [-0.05, 0) is 24.6 Å². The van der Waals surface area contributed by atoms with E-state index in [4.69, 9.17) is 9.47 Å². The highest BCUT2D eigenvalue weighted by atomic mass is 127. The highest BCUT2D eigenvalue weighted by Crippen LogP contribution is 2.29. The zero-order chi connectivity index (χ0) is 17.5. The minimum atomic E-state index is -0.295. The Labute approximate surface area is 170 Å². The van der Waals surface area contributed by atoms with Crippen LogP contribution in [0.4, 0.5) is 4.39 Å². The largest absolute Gasteiger partial charge is 0.467 e. The third-order valence-corrected chi connectivity index (χ3v) is 3.80. The summed E-state index contributed by atoms with van der Waals surface area (Å²) in [5, 5.41) is 6.43. The second-order valence-corrected chi connectivity index (χ2v) is 5.70. The van der Waals surface area contributed by atoms with Gasteiger partial charge in [0.2, 0.25) is 0 Å². The minimum absolute atomic E-state index is 0. The lowest BCUT2D eigenvalue weighted by atomic mass is 10.1. The fourth-order valence-electron chi connectivity index (χ4n) is 2.66. The van der Waals surface area contributed by atoms with Gasteiger partial charge in [-0.3, -0.25) is 0 Å². The number of rotatable bonds is 5. The number of guanidine groups is 1. The molecule has 2 aromatic rings. The van der Waals surface area contributed by atoms with Gasteiger partial charge in [0.15, 0.2) is 12.8 Å². The second kappa shape index (κ2) is 10.3. The fraction of sp³-hybridized carbons (Fsp3) is 0.316. The van der Waals surface area contributed by atoms with Crippen LogP contribution < -0.4 is 15.4 Å². The predicted octanol–water partition coefficient (Wildman–Crippen LogP) is 3.57. The quantitative estimate of drug-likeness (QED) is 0.398. The standard InChI is InChI=1S/C19H22FN3O2.HI/c1-2-21-19(22-10-14-6-4-3-5-7-14)23-11-15-8-17(20)9-16-12-24-13-25-18(15)16;/h3-9H,2,10-13H2,1H3,(H2,21,22,23);1H. The van der Waals surface area contributed by atoms with Crippen LogP contribution in [0.1, 0.15) is 23.6 Å². The van der Waals surface area contributed by atoms with Crippen molar-refractivity contribution in [2.75, 3.05) is 13.3 Å². The van der Waals surface area contributed by atoms with E-state index >= 15 is 0 Å². The first-order valence-corrected chi connectivity index (χ1v) is 8.34. The number of benzene rings is 2. The maximum atomic E-state index is 13.8. The van der Waals surface area contributed by atoms with Crippen LogP contribution >= 0.6 is 24.0 Å². The van der Waals surface area contributed by atoms with E-state index in [1.807, 2.05) is 37.3 Å². The first-order chi connectivity index (χ1) is 12.3. The summed E-state index contributed by atoms with van der Waals surface area (Å²) < 4.78 is 24.6. The molecule has 2 N–H and O–H groups in total. The maximum Gasteiger partial charge on any atom is 0.191 e. The summed E-state index contributed by atoms with van der Waals surface area (Å²) in [5.41, 5.74) is 2.61. The van der Waals surface area contributed by atoms with Gasteiger partial charge in [-0.2, -0.15) is 0 Å². The number of hydrogen-bond acceptors (Lipinski definition) is 3. The van der Waals surface area contributed by atoms with E-state index in [9.17, 15) is 4.39 Å². The van der Waals surface area contributed by atoms with Crippen molar-refractivity contribution in [2.45, 2.75) is 26.6 Å². The lowest BCUT2D eigenvalue weighted by molar-refractivity contribution is -0.0172. The summed E-state index contributed by atoms with van der Waals surface area (Å²) in [7, 11) is 0. The molecule has 0 atom stereocenters. The third kappa shape index (κ3) is 5.57. The lowest BCUT2D eigenvalue weighted by Crippen LogP contribution is -2.37. The molecule has 0 bridgehead atoms. The molecule has 140 valence electrons. The normalized spacial score (nSPS) is 13.2. The average Bonchev–Trinajstić information content (AvgIpc) is 2.64. The maximum absolute atomic E-state index is 13.8. The summed E-state index contributed by atoms with van der Waals surface area (Å²) >= 11 is 0. The Kier molecular flexibility index (Phi) is 8.11. The topological polar surface area (TPSA) is 54.9 Å². The Morgan fingerprint density at radius 3 is 2.77 bits per heavy atom. The predicted molar refractivity (Wildman–Crippen MR) is 110 cm³/mol. The SMILES string of the molecule is CCNC(=NCc1ccccc1)NCc1cc(F)cc2c1OCOC2.I. The van der Waals surface area contributed by atoms with Crippen molar-refractivity contribution >= 4 is 29.9 Å². The monoisotopic (exact) mass is 471 g/mol. The molecule has 3 rings (SSSR count). The highest BCUT2D eigenvalue weighted by Gasteiger charge is 2.17. The van der Waals surface area contributed by atoms with Crippen molar-refractivity contribution in [2.24, 2.45) is 4.99 Å². The average molecular weight is 471 g/mol. The van der Waals surface area contributed by atoms with E-state index in [1.54, 1.807) is 0 Å². The zero-order valence-electron chi connectivity index (χ0n) is 14.6. The number of halogens is 2. The van der Waals surface area contributed by atoms with Crippen LogP contribution in [0.15, 0.2) is 47.5 Å². The number of ether oxygens (including phenoxy) is 2. The van der Waals surface area contributed by atoms with E-state index in [-0.39, 0.29) is 36.6 Å². The zero-order valence-corrected chi connectivity index (χ0v) is 17.0. The molecule has 0 fully saturated rings. The summed E-state index contributed by atoms with van der Waals surface area (Å²) in [4.78, 5) is 4.57. The van der Waals surface area contributed by atoms with Gasteiger partial charge in [0.05, 0.1) is 13.2 Å². The molecular weight excluding hydrogens is 448 g/mol. The molecule has 7 heteroatoms.